The van der Waals surface area contributed by atoms with Crippen molar-refractivity contribution in [1.82, 2.24) is 0 Å². The fourth-order valence-corrected chi connectivity index (χ4v) is 23.4. The van der Waals surface area contributed by atoms with E-state index in [1.807, 2.05) is 0 Å². The summed E-state index contributed by atoms with van der Waals surface area (Å²) in [6.07, 6.45) is 15.9. The molecule has 0 aliphatic rings. The van der Waals surface area contributed by atoms with Gasteiger partial charge in [0.05, 0.1) is 0 Å². The molecule has 43 heavy (non-hydrogen) atoms. The molecule has 4 nitrogen and oxygen atoms in total. The van der Waals surface area contributed by atoms with Crippen LogP contribution in [0.25, 0.3) is 0 Å². The SMILES string of the molecule is CCC[CH2][Sn]([CH2]/C=C\O[C@H](CCCO[Si](C)(C)C(C)(C)C)[C@](C)(CCCO)O[Si](C)(C)C(C)(C)C)([CH2]CCC)[CH2]CCC. The Kier molecular flexibility index (Phi) is 20.4. The summed E-state index contributed by atoms with van der Waals surface area (Å²) in [7, 11) is -3.88. The van der Waals surface area contributed by atoms with Crippen LogP contribution in [0.15, 0.2) is 12.3 Å². The molecule has 0 saturated heterocycles. The Morgan fingerprint density at radius 3 is 1.63 bits per heavy atom. The molecule has 0 unspecified atom stereocenters. The number of hydrogen-bond acceptors (Lipinski definition) is 4. The van der Waals surface area contributed by atoms with Gasteiger partial charge < -0.3 is 0 Å². The standard InChI is InChI=1S/C24H51O4Si2.3C4H9.Sn/c1-13-19-26-21(16-14-20-27-29(9,10)22(2,3)4)24(8,17-15-18-25)28-30(11,12)23(5,6)7;3*1-3-4-2;/h13,19,21,25H,1,14-18,20H2,2-12H3;3*1,3-4H2,2H3;/b19-13-;;;;/t21-,24+;;;;/m1..../s1. The summed E-state index contributed by atoms with van der Waals surface area (Å²) in [6.45, 7) is 33.5. The fourth-order valence-electron chi connectivity index (χ4n) is 5.56. The van der Waals surface area contributed by atoms with Crippen LogP contribution in [-0.4, -0.2) is 65.0 Å². The van der Waals surface area contributed by atoms with Crippen molar-refractivity contribution < 1.29 is 18.7 Å². The Labute approximate surface area is 277 Å². The van der Waals surface area contributed by atoms with Crippen molar-refractivity contribution in [3.63, 3.8) is 0 Å². The summed E-state index contributed by atoms with van der Waals surface area (Å²) < 4.78 is 26.4. The van der Waals surface area contributed by atoms with Crippen molar-refractivity contribution in [3.05, 3.63) is 12.3 Å². The molecule has 0 spiro atoms. The molecule has 0 fully saturated rings. The molecular formula is C36H78O4Si2Sn. The molecule has 0 rings (SSSR count). The minimum absolute atomic E-state index is 0.0704. The molecule has 0 aliphatic carbocycles. The third kappa shape index (κ3) is 15.9. The fraction of sp³-hybridized carbons (Fsp3) is 0.944. The molecular weight excluding hydrogens is 671 g/mol. The molecule has 0 aromatic carbocycles. The number of ether oxygens (including phenoxy) is 1. The Morgan fingerprint density at radius 1 is 0.721 bits per heavy atom. The van der Waals surface area contributed by atoms with Crippen molar-refractivity contribution in [2.75, 3.05) is 13.2 Å². The summed E-state index contributed by atoms with van der Waals surface area (Å²) in [5.41, 5.74) is -0.458. The molecule has 7 heteroatoms. The van der Waals surface area contributed by atoms with E-state index in [2.05, 4.69) is 108 Å². The van der Waals surface area contributed by atoms with E-state index in [0.29, 0.717) is 0 Å². The average molecular weight is 750 g/mol. The molecule has 0 saturated carbocycles. The molecule has 0 radical (unpaired) electrons. The first-order valence-corrected chi connectivity index (χ1v) is 31.9. The maximum atomic E-state index is 9.86. The number of unbranched alkanes of at least 4 members (excludes halogenated alkanes) is 3. The quantitative estimate of drug-likeness (QED) is 0.0606. The van der Waals surface area contributed by atoms with Crippen LogP contribution in [0.5, 0.6) is 0 Å². The first-order valence-electron chi connectivity index (χ1n) is 18.0. The third-order valence-electron chi connectivity index (χ3n) is 10.8. The number of rotatable bonds is 24. The summed E-state index contributed by atoms with van der Waals surface area (Å²) in [6, 6.07) is 0. The first kappa shape index (κ1) is 43.7. The minimum atomic E-state index is -2.27. The van der Waals surface area contributed by atoms with Gasteiger partial charge in [-0.3, -0.25) is 0 Å². The summed E-state index contributed by atoms with van der Waals surface area (Å²) >= 11 is -2.27. The zero-order valence-corrected chi connectivity index (χ0v) is 36.6. The number of aliphatic hydroxyl groups excluding tert-OH is 1. The van der Waals surface area contributed by atoms with E-state index in [1.165, 1.54) is 56.3 Å². The normalized spacial score (nSPS) is 16.1. The Hall–Kier alpha value is 0.652. The molecule has 2 atom stereocenters. The van der Waals surface area contributed by atoms with Crippen molar-refractivity contribution in [1.29, 1.82) is 0 Å². The van der Waals surface area contributed by atoms with Gasteiger partial charge in [0, 0.05) is 0 Å². The van der Waals surface area contributed by atoms with Crippen LogP contribution in [0.3, 0.4) is 0 Å². The van der Waals surface area contributed by atoms with Gasteiger partial charge in [0.2, 0.25) is 0 Å². The zero-order chi connectivity index (χ0) is 33.4. The molecule has 0 heterocycles. The summed E-state index contributed by atoms with van der Waals surface area (Å²) in [5, 5.41) is 10.2. The van der Waals surface area contributed by atoms with Crippen LogP contribution in [0.2, 0.25) is 54.0 Å². The predicted octanol–water partition coefficient (Wildman–Crippen LogP) is 12.1. The van der Waals surface area contributed by atoms with Gasteiger partial charge >= 0.3 is 278 Å². The van der Waals surface area contributed by atoms with Gasteiger partial charge in [0.25, 0.3) is 0 Å². The molecule has 0 aliphatic heterocycles. The van der Waals surface area contributed by atoms with Gasteiger partial charge in [0.1, 0.15) is 0 Å². The molecule has 1 N–H and O–H groups in total. The van der Waals surface area contributed by atoms with Crippen LogP contribution in [0.4, 0.5) is 0 Å². The van der Waals surface area contributed by atoms with Gasteiger partial charge in [-0.05, 0) is 0 Å². The maximum absolute atomic E-state index is 9.86. The molecule has 0 bridgehead atoms. The van der Waals surface area contributed by atoms with Crippen molar-refractivity contribution in [2.24, 2.45) is 0 Å². The predicted molar refractivity (Wildman–Crippen MR) is 199 cm³/mol. The van der Waals surface area contributed by atoms with E-state index in [-0.39, 0.29) is 22.8 Å². The van der Waals surface area contributed by atoms with E-state index < -0.39 is 40.6 Å². The Bertz CT molecular complexity index is 736. The van der Waals surface area contributed by atoms with E-state index in [0.717, 1.165) is 32.3 Å². The zero-order valence-electron chi connectivity index (χ0n) is 31.7. The number of allylic oxidation sites excluding steroid dienone is 1. The number of hydrogen-bond donors (Lipinski definition) is 1. The monoisotopic (exact) mass is 750 g/mol. The van der Waals surface area contributed by atoms with Gasteiger partial charge in [-0.25, -0.2) is 0 Å². The van der Waals surface area contributed by atoms with Gasteiger partial charge in [-0.2, -0.15) is 0 Å². The van der Waals surface area contributed by atoms with Crippen LogP contribution >= 0.6 is 0 Å². The van der Waals surface area contributed by atoms with Crippen molar-refractivity contribution in [2.45, 2.75) is 199 Å². The van der Waals surface area contributed by atoms with Crippen molar-refractivity contribution >= 4 is 35.0 Å². The molecule has 258 valence electrons. The summed E-state index contributed by atoms with van der Waals surface area (Å²) in [5.74, 6) is 0. The molecule has 0 aromatic heterocycles. The molecule has 0 aromatic rings. The second kappa shape index (κ2) is 20.1. The van der Waals surface area contributed by atoms with Crippen LogP contribution in [0, 0.1) is 0 Å². The van der Waals surface area contributed by atoms with E-state index in [1.54, 1.807) is 0 Å². The van der Waals surface area contributed by atoms with Crippen LogP contribution < -0.4 is 0 Å². The first-order chi connectivity index (χ1) is 19.8. The van der Waals surface area contributed by atoms with Gasteiger partial charge in [0.15, 0.2) is 0 Å². The summed E-state index contributed by atoms with van der Waals surface area (Å²) in [4.78, 5) is 0. The van der Waals surface area contributed by atoms with Crippen LogP contribution in [0.1, 0.15) is 133 Å². The van der Waals surface area contributed by atoms with E-state index >= 15 is 0 Å². The van der Waals surface area contributed by atoms with E-state index in [9.17, 15) is 5.11 Å². The van der Waals surface area contributed by atoms with Gasteiger partial charge in [-0.15, -0.1) is 0 Å². The van der Waals surface area contributed by atoms with Crippen molar-refractivity contribution in [3.8, 4) is 0 Å². The Balaban J connectivity index is 6.15. The van der Waals surface area contributed by atoms with Gasteiger partial charge in [-0.1, -0.05) is 0 Å². The Morgan fingerprint density at radius 2 is 1.21 bits per heavy atom. The topological polar surface area (TPSA) is 47.9 Å². The number of aliphatic hydroxyl groups is 1. The third-order valence-corrected chi connectivity index (χ3v) is 35.1. The molecule has 0 amide bonds. The van der Waals surface area contributed by atoms with E-state index in [4.69, 9.17) is 13.6 Å². The second-order valence-corrected chi connectivity index (χ2v) is 40.3. The second-order valence-electron chi connectivity index (χ2n) is 16.8. The average Bonchev–Trinajstić information content (AvgIpc) is 2.89. The van der Waals surface area contributed by atoms with Crippen LogP contribution in [-0.2, 0) is 13.6 Å².